The van der Waals surface area contributed by atoms with Gasteiger partial charge in [-0.05, 0) is 49.4 Å². The molecule has 0 aliphatic rings. The summed E-state index contributed by atoms with van der Waals surface area (Å²) in [6.07, 6.45) is 3.41. The van der Waals surface area contributed by atoms with E-state index in [9.17, 15) is 5.11 Å². The van der Waals surface area contributed by atoms with Gasteiger partial charge in [-0.25, -0.2) is 0 Å². The molecule has 0 aliphatic carbocycles. The predicted molar refractivity (Wildman–Crippen MR) is 73.3 cm³/mol. The smallest absolute Gasteiger partial charge is 0.115 e. The van der Waals surface area contributed by atoms with E-state index < -0.39 is 0 Å². The van der Waals surface area contributed by atoms with E-state index in [1.54, 1.807) is 12.1 Å². The average Bonchev–Trinajstić information content (AvgIpc) is 2.28. The van der Waals surface area contributed by atoms with Crippen LogP contribution in [0.25, 0.3) is 0 Å². The van der Waals surface area contributed by atoms with Gasteiger partial charge in [0, 0.05) is 6.04 Å². The normalized spacial score (nSPS) is 12.9. The molecule has 2 N–H and O–H groups in total. The molecule has 0 amide bonds. The molecule has 0 spiro atoms. The molecule has 0 saturated heterocycles. The van der Waals surface area contributed by atoms with Crippen molar-refractivity contribution in [3.8, 4) is 5.75 Å². The highest BCUT2D eigenvalue weighted by molar-refractivity contribution is 5.26. The maximum absolute atomic E-state index is 9.26. The van der Waals surface area contributed by atoms with Crippen LogP contribution in [0.15, 0.2) is 24.3 Å². The van der Waals surface area contributed by atoms with Gasteiger partial charge >= 0.3 is 0 Å². The largest absolute Gasteiger partial charge is 0.508 e. The fourth-order valence-electron chi connectivity index (χ4n) is 2.07. The van der Waals surface area contributed by atoms with Gasteiger partial charge in [0.1, 0.15) is 5.75 Å². The molecule has 0 aliphatic heterocycles. The van der Waals surface area contributed by atoms with Crippen molar-refractivity contribution >= 4 is 0 Å². The highest BCUT2D eigenvalue weighted by Crippen LogP contribution is 2.14. The van der Waals surface area contributed by atoms with Crippen LogP contribution in [-0.4, -0.2) is 17.7 Å². The molecule has 0 bridgehead atoms. The number of rotatable bonds is 7. The summed E-state index contributed by atoms with van der Waals surface area (Å²) in [7, 11) is 0. The quantitative estimate of drug-likeness (QED) is 0.759. The van der Waals surface area contributed by atoms with Crippen molar-refractivity contribution in [1.29, 1.82) is 0 Å². The van der Waals surface area contributed by atoms with Crippen LogP contribution in [-0.2, 0) is 6.42 Å². The van der Waals surface area contributed by atoms with Crippen LogP contribution in [0.3, 0.4) is 0 Å². The van der Waals surface area contributed by atoms with E-state index in [1.807, 2.05) is 12.1 Å². The maximum atomic E-state index is 9.26. The van der Waals surface area contributed by atoms with Crippen LogP contribution in [0, 0.1) is 5.92 Å². The molecule has 0 aromatic heterocycles. The number of hydrogen-bond donors (Lipinski definition) is 2. The Bertz CT molecular complexity index is 305. The summed E-state index contributed by atoms with van der Waals surface area (Å²) in [5.41, 5.74) is 1.29. The van der Waals surface area contributed by atoms with Gasteiger partial charge in [0.05, 0.1) is 0 Å². The molecule has 0 heterocycles. The Balaban J connectivity index is 2.54. The van der Waals surface area contributed by atoms with Gasteiger partial charge in [-0.2, -0.15) is 0 Å². The van der Waals surface area contributed by atoms with E-state index in [-0.39, 0.29) is 0 Å². The molecule has 2 heteroatoms. The number of aromatic hydroxyl groups is 1. The summed E-state index contributed by atoms with van der Waals surface area (Å²) in [5, 5.41) is 12.9. The maximum Gasteiger partial charge on any atom is 0.115 e. The molecule has 0 radical (unpaired) electrons. The van der Waals surface area contributed by atoms with Crippen molar-refractivity contribution in [2.24, 2.45) is 5.92 Å². The van der Waals surface area contributed by atoms with Crippen LogP contribution in [0.2, 0.25) is 0 Å². The third-order valence-corrected chi connectivity index (χ3v) is 2.86. The van der Waals surface area contributed by atoms with Crippen LogP contribution in [0.4, 0.5) is 0 Å². The molecule has 96 valence electrons. The van der Waals surface area contributed by atoms with Gasteiger partial charge in [0.15, 0.2) is 0 Å². The Hall–Kier alpha value is -1.02. The van der Waals surface area contributed by atoms with Gasteiger partial charge < -0.3 is 10.4 Å². The Morgan fingerprint density at radius 1 is 1.18 bits per heavy atom. The lowest BCUT2D eigenvalue weighted by Crippen LogP contribution is -2.33. The molecule has 0 fully saturated rings. The fraction of sp³-hybridized carbons (Fsp3) is 0.600. The lowest BCUT2D eigenvalue weighted by Gasteiger charge is -2.20. The molecule has 1 aromatic carbocycles. The summed E-state index contributed by atoms with van der Waals surface area (Å²) < 4.78 is 0. The van der Waals surface area contributed by atoms with Crippen molar-refractivity contribution in [3.05, 3.63) is 29.8 Å². The minimum atomic E-state index is 0.343. The second-order valence-electron chi connectivity index (χ2n) is 5.15. The van der Waals surface area contributed by atoms with Crippen molar-refractivity contribution in [1.82, 2.24) is 5.32 Å². The number of phenols is 1. The summed E-state index contributed by atoms with van der Waals surface area (Å²) >= 11 is 0. The van der Waals surface area contributed by atoms with Crippen LogP contribution in [0.5, 0.6) is 5.75 Å². The Kier molecular flexibility index (Phi) is 6.06. The van der Waals surface area contributed by atoms with E-state index >= 15 is 0 Å². The molecular formula is C15H25NO. The third kappa shape index (κ3) is 5.73. The van der Waals surface area contributed by atoms with Gasteiger partial charge in [0.25, 0.3) is 0 Å². The molecule has 1 atom stereocenters. The van der Waals surface area contributed by atoms with Crippen LogP contribution in [0.1, 0.15) is 39.2 Å². The first-order valence-electron chi connectivity index (χ1n) is 6.63. The lowest BCUT2D eigenvalue weighted by atomic mass is 9.97. The second-order valence-corrected chi connectivity index (χ2v) is 5.15. The summed E-state index contributed by atoms with van der Waals surface area (Å²) in [4.78, 5) is 0. The monoisotopic (exact) mass is 235 g/mol. The lowest BCUT2D eigenvalue weighted by molar-refractivity contribution is 0.416. The zero-order valence-corrected chi connectivity index (χ0v) is 11.2. The summed E-state index contributed by atoms with van der Waals surface area (Å²) in [6, 6.07) is 8.09. The van der Waals surface area contributed by atoms with Gasteiger partial charge in [-0.1, -0.05) is 32.9 Å². The third-order valence-electron chi connectivity index (χ3n) is 2.86. The Morgan fingerprint density at radius 2 is 1.82 bits per heavy atom. The number of nitrogens with one attached hydrogen (secondary N) is 1. The van der Waals surface area contributed by atoms with Crippen molar-refractivity contribution in [2.75, 3.05) is 6.54 Å². The minimum absolute atomic E-state index is 0.343. The van der Waals surface area contributed by atoms with Crippen LogP contribution >= 0.6 is 0 Å². The van der Waals surface area contributed by atoms with Crippen molar-refractivity contribution < 1.29 is 5.11 Å². The van der Waals surface area contributed by atoms with Crippen LogP contribution < -0.4 is 5.32 Å². The standard InChI is InChI=1S/C15H25NO/c1-4-9-16-14(10-12(2)3)11-13-5-7-15(17)8-6-13/h5-8,12,14,16-17H,4,9-11H2,1-3H3/t14-/m0/s1. The van der Waals surface area contributed by atoms with Gasteiger partial charge in [-0.15, -0.1) is 0 Å². The first kappa shape index (κ1) is 14.0. The van der Waals surface area contributed by atoms with Crippen molar-refractivity contribution in [3.63, 3.8) is 0 Å². The topological polar surface area (TPSA) is 32.3 Å². The van der Waals surface area contributed by atoms with E-state index in [4.69, 9.17) is 0 Å². The van der Waals surface area contributed by atoms with Gasteiger partial charge in [-0.3, -0.25) is 0 Å². The summed E-state index contributed by atoms with van der Waals surface area (Å²) in [5.74, 6) is 1.05. The molecule has 0 saturated carbocycles. The first-order chi connectivity index (χ1) is 8.11. The Morgan fingerprint density at radius 3 is 2.35 bits per heavy atom. The SMILES string of the molecule is CCCN[C@H](Cc1ccc(O)cc1)CC(C)C. The molecule has 1 aromatic rings. The molecule has 0 unspecified atom stereocenters. The molecule has 2 nitrogen and oxygen atoms in total. The summed E-state index contributed by atoms with van der Waals surface area (Å²) in [6.45, 7) is 7.80. The van der Waals surface area contributed by atoms with Crippen molar-refractivity contribution in [2.45, 2.75) is 46.1 Å². The first-order valence-corrected chi connectivity index (χ1v) is 6.63. The average molecular weight is 235 g/mol. The second kappa shape index (κ2) is 7.33. The molecular weight excluding hydrogens is 210 g/mol. The Labute approximate surface area is 105 Å². The number of hydrogen-bond acceptors (Lipinski definition) is 2. The zero-order valence-electron chi connectivity index (χ0n) is 11.2. The zero-order chi connectivity index (χ0) is 12.7. The molecule has 17 heavy (non-hydrogen) atoms. The predicted octanol–water partition coefficient (Wildman–Crippen LogP) is 3.35. The number of benzene rings is 1. The molecule has 1 rings (SSSR count). The van der Waals surface area contributed by atoms with E-state index in [2.05, 4.69) is 26.1 Å². The van der Waals surface area contributed by atoms with E-state index in [1.165, 1.54) is 18.4 Å². The highest BCUT2D eigenvalue weighted by atomic mass is 16.3. The van der Waals surface area contributed by atoms with E-state index in [0.29, 0.717) is 17.7 Å². The highest BCUT2D eigenvalue weighted by Gasteiger charge is 2.10. The minimum Gasteiger partial charge on any atom is -0.508 e. The van der Waals surface area contributed by atoms with E-state index in [0.717, 1.165) is 13.0 Å². The van der Waals surface area contributed by atoms with Gasteiger partial charge in [0.2, 0.25) is 0 Å². The fourth-order valence-corrected chi connectivity index (χ4v) is 2.07. The number of phenolic OH excluding ortho intramolecular Hbond substituents is 1.